The molecule has 1 aromatic heterocycles. The summed E-state index contributed by atoms with van der Waals surface area (Å²) in [5, 5.41) is 1.97. The number of carbonyl (C=O) groups excluding carboxylic acids is 2. The first kappa shape index (κ1) is 16.0. The Morgan fingerprint density at radius 3 is 2.32 bits per heavy atom. The molecule has 106 valence electrons. The van der Waals surface area contributed by atoms with Gasteiger partial charge < -0.3 is 11.5 Å². The zero-order chi connectivity index (χ0) is 14.4. The molecule has 0 aliphatic heterocycles. The lowest BCUT2D eigenvalue weighted by atomic mass is 9.85. The first-order chi connectivity index (χ1) is 8.91. The number of rotatable bonds is 8. The topological polar surface area (TPSA) is 86.2 Å². The number of primary amides is 2. The molecule has 2 unspecified atom stereocenters. The van der Waals surface area contributed by atoms with Crippen molar-refractivity contribution < 1.29 is 9.59 Å². The molecule has 4 nitrogen and oxygen atoms in total. The van der Waals surface area contributed by atoms with E-state index in [0.717, 1.165) is 4.21 Å². The Labute approximate surface area is 121 Å². The molecule has 2 amide bonds. The fraction of sp³-hybridized carbons (Fsp3) is 0.538. The zero-order valence-electron chi connectivity index (χ0n) is 11.2. The van der Waals surface area contributed by atoms with Crippen LogP contribution in [0.1, 0.15) is 20.3 Å². The van der Waals surface area contributed by atoms with Crippen molar-refractivity contribution in [2.24, 2.45) is 29.2 Å². The average Bonchev–Trinajstić information content (AvgIpc) is 2.79. The van der Waals surface area contributed by atoms with Gasteiger partial charge in [-0.3, -0.25) is 9.59 Å². The van der Waals surface area contributed by atoms with E-state index in [-0.39, 0.29) is 0 Å². The van der Waals surface area contributed by atoms with E-state index in [1.54, 1.807) is 23.1 Å². The Morgan fingerprint density at radius 2 is 1.89 bits per heavy atom. The van der Waals surface area contributed by atoms with Gasteiger partial charge in [-0.2, -0.15) is 0 Å². The summed E-state index contributed by atoms with van der Waals surface area (Å²) >= 11 is 3.15. The largest absolute Gasteiger partial charge is 0.369 e. The van der Waals surface area contributed by atoms with E-state index in [2.05, 4.69) is 0 Å². The van der Waals surface area contributed by atoms with Gasteiger partial charge in [0.05, 0.1) is 16.0 Å². The van der Waals surface area contributed by atoms with Crippen molar-refractivity contribution in [2.45, 2.75) is 24.5 Å². The number of hydrogen-bond acceptors (Lipinski definition) is 4. The highest BCUT2D eigenvalue weighted by molar-refractivity contribution is 8.01. The Kier molecular flexibility index (Phi) is 6.37. The summed E-state index contributed by atoms with van der Waals surface area (Å²) in [5.74, 6) is -1.09. The van der Waals surface area contributed by atoms with Gasteiger partial charge in [0, 0.05) is 5.75 Å². The van der Waals surface area contributed by atoms with Crippen molar-refractivity contribution in [1.82, 2.24) is 0 Å². The molecule has 0 bridgehead atoms. The predicted molar refractivity (Wildman–Crippen MR) is 79.9 cm³/mol. The van der Waals surface area contributed by atoms with Crippen molar-refractivity contribution in [2.75, 3.05) is 5.75 Å². The SMILES string of the molecule is CC(C)CC(C(N)=O)C(CSc1cccs1)C(N)=O. The summed E-state index contributed by atoms with van der Waals surface area (Å²) < 4.78 is 1.11. The Bertz CT molecular complexity index is 418. The number of nitrogens with two attached hydrogens (primary N) is 2. The number of hydrogen-bond donors (Lipinski definition) is 2. The highest BCUT2D eigenvalue weighted by atomic mass is 32.2. The van der Waals surface area contributed by atoms with E-state index < -0.39 is 23.7 Å². The molecule has 0 aliphatic rings. The molecule has 0 saturated heterocycles. The van der Waals surface area contributed by atoms with Crippen LogP contribution in [0.15, 0.2) is 21.7 Å². The summed E-state index contributed by atoms with van der Waals surface area (Å²) in [5.41, 5.74) is 10.9. The molecular formula is C13H20N2O2S2. The standard InChI is InChI=1S/C13H20N2O2S2/c1-8(2)6-9(12(14)16)10(13(15)17)7-19-11-4-3-5-18-11/h3-5,8-10H,6-7H2,1-2H3,(H2,14,16)(H2,15,17). The molecule has 0 saturated carbocycles. The lowest BCUT2D eigenvalue weighted by molar-refractivity contribution is -0.131. The van der Waals surface area contributed by atoms with Crippen LogP contribution in [0.3, 0.4) is 0 Å². The number of thiophene rings is 1. The van der Waals surface area contributed by atoms with Crippen molar-refractivity contribution in [3.05, 3.63) is 17.5 Å². The zero-order valence-corrected chi connectivity index (χ0v) is 12.8. The summed E-state index contributed by atoms with van der Waals surface area (Å²) in [7, 11) is 0. The van der Waals surface area contributed by atoms with E-state index in [1.807, 2.05) is 31.4 Å². The molecule has 0 radical (unpaired) electrons. The van der Waals surface area contributed by atoms with Crippen LogP contribution in [0.25, 0.3) is 0 Å². The highest BCUT2D eigenvalue weighted by Gasteiger charge is 2.31. The molecule has 4 N–H and O–H groups in total. The highest BCUT2D eigenvalue weighted by Crippen LogP contribution is 2.30. The lowest BCUT2D eigenvalue weighted by Crippen LogP contribution is -2.39. The minimum Gasteiger partial charge on any atom is -0.369 e. The second-order valence-electron chi connectivity index (χ2n) is 4.89. The number of amides is 2. The smallest absolute Gasteiger partial charge is 0.222 e. The minimum atomic E-state index is -0.507. The quantitative estimate of drug-likeness (QED) is 0.721. The van der Waals surface area contributed by atoms with Gasteiger partial charge >= 0.3 is 0 Å². The van der Waals surface area contributed by atoms with Gasteiger partial charge in [-0.15, -0.1) is 23.1 Å². The molecule has 0 spiro atoms. The molecule has 1 aromatic rings. The van der Waals surface area contributed by atoms with Crippen LogP contribution < -0.4 is 11.5 Å². The molecule has 0 fully saturated rings. The second kappa shape index (κ2) is 7.55. The minimum absolute atomic E-state index is 0.297. The van der Waals surface area contributed by atoms with E-state index >= 15 is 0 Å². The van der Waals surface area contributed by atoms with Gasteiger partial charge in [0.2, 0.25) is 11.8 Å². The van der Waals surface area contributed by atoms with Crippen LogP contribution in [0.2, 0.25) is 0 Å². The molecule has 0 aliphatic carbocycles. The summed E-state index contributed by atoms with van der Waals surface area (Å²) in [4.78, 5) is 23.1. The molecule has 0 aromatic carbocycles. The molecule has 6 heteroatoms. The third-order valence-corrected chi connectivity index (χ3v) is 5.09. The van der Waals surface area contributed by atoms with Gasteiger partial charge in [0.15, 0.2) is 0 Å². The normalized spacial score (nSPS) is 14.3. The molecule has 1 rings (SSSR count). The van der Waals surface area contributed by atoms with Crippen LogP contribution in [-0.2, 0) is 9.59 Å². The van der Waals surface area contributed by atoms with Gasteiger partial charge in [0.25, 0.3) is 0 Å². The summed E-state index contributed by atoms with van der Waals surface area (Å²) in [6.07, 6.45) is 0.591. The first-order valence-electron chi connectivity index (χ1n) is 6.16. The summed E-state index contributed by atoms with van der Waals surface area (Å²) in [6, 6.07) is 3.93. The van der Waals surface area contributed by atoms with Crippen LogP contribution >= 0.6 is 23.1 Å². The van der Waals surface area contributed by atoms with Crippen LogP contribution in [0.5, 0.6) is 0 Å². The molecule has 1 heterocycles. The average molecular weight is 300 g/mol. The number of carbonyl (C=O) groups is 2. The van der Waals surface area contributed by atoms with Crippen molar-refractivity contribution in [1.29, 1.82) is 0 Å². The third-order valence-electron chi connectivity index (χ3n) is 2.84. The van der Waals surface area contributed by atoms with Crippen LogP contribution in [-0.4, -0.2) is 17.6 Å². The molecule has 19 heavy (non-hydrogen) atoms. The Morgan fingerprint density at radius 1 is 1.26 bits per heavy atom. The Hall–Kier alpha value is -1.01. The Balaban J connectivity index is 2.73. The first-order valence-corrected chi connectivity index (χ1v) is 8.03. The van der Waals surface area contributed by atoms with Gasteiger partial charge in [-0.05, 0) is 23.8 Å². The van der Waals surface area contributed by atoms with Gasteiger partial charge in [0.1, 0.15) is 0 Å². The predicted octanol–water partition coefficient (Wildman–Crippen LogP) is 2.09. The fourth-order valence-electron chi connectivity index (χ4n) is 1.90. The van der Waals surface area contributed by atoms with E-state index in [4.69, 9.17) is 11.5 Å². The van der Waals surface area contributed by atoms with Crippen LogP contribution in [0.4, 0.5) is 0 Å². The van der Waals surface area contributed by atoms with Crippen molar-refractivity contribution in [3.63, 3.8) is 0 Å². The fourth-order valence-corrected chi connectivity index (χ4v) is 3.91. The van der Waals surface area contributed by atoms with Crippen LogP contribution in [0, 0.1) is 17.8 Å². The van der Waals surface area contributed by atoms with Crippen molar-refractivity contribution >= 4 is 34.9 Å². The molecule has 2 atom stereocenters. The molecular weight excluding hydrogens is 280 g/mol. The maximum Gasteiger partial charge on any atom is 0.222 e. The maximum atomic E-state index is 11.6. The summed E-state index contributed by atoms with van der Waals surface area (Å²) in [6.45, 7) is 4.00. The van der Waals surface area contributed by atoms with Gasteiger partial charge in [-0.1, -0.05) is 19.9 Å². The monoisotopic (exact) mass is 300 g/mol. The maximum absolute atomic E-state index is 11.6. The van der Waals surface area contributed by atoms with E-state index in [9.17, 15) is 9.59 Å². The van der Waals surface area contributed by atoms with Gasteiger partial charge in [-0.25, -0.2) is 0 Å². The third kappa shape index (κ3) is 5.24. The lowest BCUT2D eigenvalue weighted by Gasteiger charge is -2.23. The van der Waals surface area contributed by atoms with E-state index in [0.29, 0.717) is 18.1 Å². The second-order valence-corrected chi connectivity index (χ2v) is 7.16. The number of thioether (sulfide) groups is 1. The van der Waals surface area contributed by atoms with Crippen molar-refractivity contribution in [3.8, 4) is 0 Å². The van der Waals surface area contributed by atoms with E-state index in [1.165, 1.54) is 0 Å².